The topological polar surface area (TPSA) is 117 Å². The fraction of sp³-hybridized carbons (Fsp3) is 0.208. The minimum atomic E-state index is -4.24. The Bertz CT molecular complexity index is 1120. The maximum absolute atomic E-state index is 14.3. The zero-order valence-electron chi connectivity index (χ0n) is 18.9. The van der Waals surface area contributed by atoms with Crippen molar-refractivity contribution in [2.45, 2.75) is 32.2 Å². The largest absolute Gasteiger partial charge is 0.457 e. The normalized spacial score (nSPS) is 12.3. The first-order chi connectivity index (χ1) is 16.1. The molecule has 1 amide bonds. The number of non-ortho nitro benzene ring substituents is 1. The number of para-hydroxylation sites is 2. The Morgan fingerprint density at radius 3 is 1.76 bits per heavy atom. The summed E-state index contributed by atoms with van der Waals surface area (Å²) in [7, 11) is -4.24. The van der Waals surface area contributed by atoms with E-state index in [1.807, 2.05) is 0 Å². The molecule has 0 saturated heterocycles. The third-order valence-corrected chi connectivity index (χ3v) is 6.33. The average Bonchev–Trinajstić information content (AvgIpc) is 2.77. The highest BCUT2D eigenvalue weighted by molar-refractivity contribution is 7.55. The predicted molar refractivity (Wildman–Crippen MR) is 127 cm³/mol. The standard InChI is InChI=1S/C24H25N2O7P/c1-24(2,3)31-23(27)25-22(18-14-16-19(17-15-18)26(28)29)34(30,32-20-10-6-4-7-11-20)33-21-12-8-5-9-13-21/h4-17,22H,1-3H3,(H,25,27). The van der Waals surface area contributed by atoms with Crippen molar-refractivity contribution in [1.82, 2.24) is 5.32 Å². The van der Waals surface area contributed by atoms with Gasteiger partial charge in [0.05, 0.1) is 4.92 Å². The summed E-state index contributed by atoms with van der Waals surface area (Å²) in [6, 6.07) is 22.0. The van der Waals surface area contributed by atoms with Gasteiger partial charge in [-0.2, -0.15) is 0 Å². The second-order valence-corrected chi connectivity index (χ2v) is 10.2. The quantitative estimate of drug-likeness (QED) is 0.221. The number of carbonyl (C=O) groups excluding carboxylic acids is 1. The summed E-state index contributed by atoms with van der Waals surface area (Å²) in [5.74, 6) is -0.845. The van der Waals surface area contributed by atoms with Crippen LogP contribution in [0.2, 0.25) is 0 Å². The van der Waals surface area contributed by atoms with Crippen LogP contribution in [0.1, 0.15) is 32.1 Å². The molecule has 0 aromatic heterocycles. The molecule has 0 spiro atoms. The molecule has 1 atom stereocenters. The molecule has 0 aliphatic heterocycles. The molecule has 10 heteroatoms. The minimum Gasteiger partial charge on any atom is -0.444 e. The van der Waals surface area contributed by atoms with Crippen LogP contribution in [0.5, 0.6) is 11.5 Å². The number of nitrogens with one attached hydrogen (secondary N) is 1. The van der Waals surface area contributed by atoms with E-state index in [2.05, 4.69) is 5.32 Å². The van der Waals surface area contributed by atoms with E-state index < -0.39 is 30.0 Å². The van der Waals surface area contributed by atoms with Crippen LogP contribution in [-0.4, -0.2) is 16.6 Å². The summed E-state index contributed by atoms with van der Waals surface area (Å²) < 4.78 is 31.4. The highest BCUT2D eigenvalue weighted by Crippen LogP contribution is 2.59. The number of hydrogen-bond acceptors (Lipinski definition) is 7. The van der Waals surface area contributed by atoms with Crippen molar-refractivity contribution < 1.29 is 28.1 Å². The maximum Gasteiger partial charge on any atom is 0.457 e. The molecule has 1 unspecified atom stereocenters. The Morgan fingerprint density at radius 2 is 1.35 bits per heavy atom. The van der Waals surface area contributed by atoms with E-state index in [0.29, 0.717) is 0 Å². The van der Waals surface area contributed by atoms with Crippen LogP contribution >= 0.6 is 7.60 Å². The lowest BCUT2D eigenvalue weighted by Crippen LogP contribution is -2.36. The lowest BCUT2D eigenvalue weighted by molar-refractivity contribution is -0.384. The van der Waals surface area contributed by atoms with Gasteiger partial charge in [0.2, 0.25) is 0 Å². The third kappa shape index (κ3) is 6.83. The molecular formula is C24H25N2O7P. The maximum atomic E-state index is 14.3. The number of nitro benzene ring substituents is 1. The molecule has 0 aliphatic carbocycles. The summed E-state index contributed by atoms with van der Waals surface area (Å²) in [4.78, 5) is 23.2. The number of rotatable bonds is 8. The lowest BCUT2D eigenvalue weighted by atomic mass is 10.2. The van der Waals surface area contributed by atoms with Crippen molar-refractivity contribution in [2.24, 2.45) is 0 Å². The van der Waals surface area contributed by atoms with Crippen molar-refractivity contribution in [2.75, 3.05) is 0 Å². The van der Waals surface area contributed by atoms with Crippen LogP contribution in [0, 0.1) is 10.1 Å². The van der Waals surface area contributed by atoms with Gasteiger partial charge in [-0.3, -0.25) is 10.1 Å². The molecule has 0 saturated carbocycles. The number of amides is 1. The van der Waals surface area contributed by atoms with E-state index in [4.69, 9.17) is 13.8 Å². The van der Waals surface area contributed by atoms with E-state index in [9.17, 15) is 19.5 Å². The first-order valence-corrected chi connectivity index (χ1v) is 12.0. The van der Waals surface area contributed by atoms with Crippen LogP contribution in [0.4, 0.5) is 10.5 Å². The third-order valence-electron chi connectivity index (χ3n) is 4.34. The zero-order valence-corrected chi connectivity index (χ0v) is 19.8. The number of benzene rings is 3. The Morgan fingerprint density at radius 1 is 0.882 bits per heavy atom. The molecule has 3 aromatic rings. The summed E-state index contributed by atoms with van der Waals surface area (Å²) in [6.45, 7) is 5.07. The number of nitrogens with zero attached hydrogens (tertiary/aromatic N) is 1. The SMILES string of the molecule is CC(C)(C)OC(=O)NC(c1ccc([N+](=O)[O-])cc1)P(=O)(Oc1ccccc1)Oc1ccccc1. The summed E-state index contributed by atoms with van der Waals surface area (Å²) in [5.41, 5.74) is -0.719. The van der Waals surface area contributed by atoms with Crippen LogP contribution in [-0.2, 0) is 9.30 Å². The number of hydrogen-bond donors (Lipinski definition) is 1. The van der Waals surface area contributed by atoms with E-state index in [1.165, 1.54) is 24.3 Å². The van der Waals surface area contributed by atoms with Crippen molar-refractivity contribution in [3.63, 3.8) is 0 Å². The molecular weight excluding hydrogens is 459 g/mol. The summed E-state index contributed by atoms with van der Waals surface area (Å²) >= 11 is 0. The van der Waals surface area contributed by atoms with Crippen LogP contribution < -0.4 is 14.4 Å². The minimum absolute atomic E-state index is 0.164. The monoisotopic (exact) mass is 484 g/mol. The Hall–Kier alpha value is -3.84. The van der Waals surface area contributed by atoms with E-state index in [1.54, 1.807) is 81.4 Å². The first kappa shape index (κ1) is 24.8. The van der Waals surface area contributed by atoms with Crippen LogP contribution in [0.15, 0.2) is 84.9 Å². The number of ether oxygens (including phenoxy) is 1. The molecule has 3 aromatic carbocycles. The molecule has 0 heterocycles. The number of nitro groups is 1. The van der Waals surface area contributed by atoms with Gasteiger partial charge in [0, 0.05) is 12.1 Å². The van der Waals surface area contributed by atoms with Gasteiger partial charge >= 0.3 is 13.7 Å². The Kier molecular flexibility index (Phi) is 7.58. The smallest absolute Gasteiger partial charge is 0.444 e. The second-order valence-electron chi connectivity index (χ2n) is 8.25. The van der Waals surface area contributed by atoms with Gasteiger partial charge in [-0.15, -0.1) is 0 Å². The Labute approximate surface area is 197 Å². The van der Waals surface area contributed by atoms with Crippen LogP contribution in [0.3, 0.4) is 0 Å². The molecule has 0 radical (unpaired) electrons. The first-order valence-electron chi connectivity index (χ1n) is 10.4. The Balaban J connectivity index is 2.07. The molecule has 178 valence electrons. The van der Waals surface area contributed by atoms with E-state index in [-0.39, 0.29) is 22.7 Å². The van der Waals surface area contributed by atoms with Gasteiger partial charge in [0.25, 0.3) is 5.69 Å². The van der Waals surface area contributed by atoms with Crippen molar-refractivity contribution >= 4 is 19.4 Å². The van der Waals surface area contributed by atoms with Gasteiger partial charge in [0.1, 0.15) is 17.1 Å². The number of alkyl carbamates (subject to hydrolysis) is 1. The highest BCUT2D eigenvalue weighted by Gasteiger charge is 2.43. The van der Waals surface area contributed by atoms with Gasteiger partial charge in [0.15, 0.2) is 5.78 Å². The molecule has 0 bridgehead atoms. The molecule has 0 aliphatic rings. The van der Waals surface area contributed by atoms with Gasteiger partial charge < -0.3 is 19.1 Å². The van der Waals surface area contributed by atoms with Crippen molar-refractivity contribution in [1.29, 1.82) is 0 Å². The average molecular weight is 484 g/mol. The van der Waals surface area contributed by atoms with Gasteiger partial charge in [-0.05, 0) is 62.7 Å². The fourth-order valence-corrected chi connectivity index (χ4v) is 4.80. The summed E-state index contributed by atoms with van der Waals surface area (Å²) in [5, 5.41) is 13.7. The molecule has 1 N–H and O–H groups in total. The van der Waals surface area contributed by atoms with Crippen molar-refractivity contribution in [3.05, 3.63) is 101 Å². The van der Waals surface area contributed by atoms with Gasteiger partial charge in [-0.1, -0.05) is 36.4 Å². The predicted octanol–water partition coefficient (Wildman–Crippen LogP) is 6.47. The molecule has 9 nitrogen and oxygen atoms in total. The number of carbonyl (C=O) groups is 1. The van der Waals surface area contributed by atoms with Crippen LogP contribution in [0.25, 0.3) is 0 Å². The van der Waals surface area contributed by atoms with E-state index in [0.717, 1.165) is 0 Å². The van der Waals surface area contributed by atoms with E-state index >= 15 is 0 Å². The fourth-order valence-electron chi connectivity index (χ4n) is 2.92. The lowest BCUT2D eigenvalue weighted by Gasteiger charge is -2.29. The highest BCUT2D eigenvalue weighted by atomic mass is 31.2. The molecule has 0 fully saturated rings. The van der Waals surface area contributed by atoms with Gasteiger partial charge in [-0.25, -0.2) is 9.36 Å². The van der Waals surface area contributed by atoms with Crippen molar-refractivity contribution in [3.8, 4) is 11.5 Å². The summed E-state index contributed by atoms with van der Waals surface area (Å²) in [6.07, 6.45) is -0.857. The zero-order chi connectivity index (χ0) is 24.8. The second kappa shape index (κ2) is 10.4. The molecule has 34 heavy (non-hydrogen) atoms. The molecule has 3 rings (SSSR count).